The Labute approximate surface area is 247 Å². The van der Waals surface area contributed by atoms with Gasteiger partial charge in [-0.25, -0.2) is 10.2 Å². The van der Waals surface area contributed by atoms with Gasteiger partial charge >= 0.3 is 12.0 Å². The van der Waals surface area contributed by atoms with Crippen LogP contribution in [0.15, 0.2) is 52.2 Å². The third kappa shape index (κ3) is 4.53. The third-order valence-electron chi connectivity index (χ3n) is 11.5. The standard InChI is InChI=1S/C35H41F2N3O2/c1-3-35(36,37)34(42)17-16-30-28-14-12-25-18-26(39-40-32(41)38-20-21-4-5-21)13-15-27(25)31(28)29(19-33(30,34)2)24-10-8-23(9-11-24)22-6-7-22/h1,8-11,18,21-22,28-30,42H,4-7,12-17,19-20H2,2H3,(H2,38,40,41)/b39-26+/t28-,29-,30-,33-,34-/m0/s1. The zero-order valence-corrected chi connectivity index (χ0v) is 24.4. The first-order chi connectivity index (χ1) is 20.1. The fraction of sp³-hybridized carbons (Fsp3) is 0.600. The van der Waals surface area contributed by atoms with E-state index in [0.717, 1.165) is 30.5 Å². The maximum absolute atomic E-state index is 15.3. The number of halogens is 2. The molecule has 3 N–H and O–H groups in total. The fourth-order valence-corrected chi connectivity index (χ4v) is 8.84. The maximum Gasteiger partial charge on any atom is 0.336 e. The molecule has 0 radical (unpaired) electrons. The van der Waals surface area contributed by atoms with Gasteiger partial charge in [0.15, 0.2) is 0 Å². The molecule has 222 valence electrons. The Hall–Kier alpha value is -2.98. The fourth-order valence-electron chi connectivity index (χ4n) is 8.84. The molecule has 4 fully saturated rings. The number of hydrazone groups is 1. The summed E-state index contributed by atoms with van der Waals surface area (Å²) in [5.74, 6) is -0.671. The lowest BCUT2D eigenvalue weighted by Gasteiger charge is -2.55. The second-order valence-corrected chi connectivity index (χ2v) is 14.0. The van der Waals surface area contributed by atoms with E-state index in [2.05, 4.69) is 46.2 Å². The van der Waals surface area contributed by atoms with Crippen molar-refractivity contribution in [3.8, 4) is 12.3 Å². The molecular weight excluding hydrogens is 532 g/mol. The van der Waals surface area contributed by atoms with Gasteiger partial charge in [-0.3, -0.25) is 0 Å². The second-order valence-electron chi connectivity index (χ2n) is 14.0. The molecule has 0 aromatic heterocycles. The first-order valence-corrected chi connectivity index (χ1v) is 15.9. The molecule has 7 rings (SSSR count). The van der Waals surface area contributed by atoms with Crippen molar-refractivity contribution in [3.05, 3.63) is 58.2 Å². The zero-order valence-electron chi connectivity index (χ0n) is 24.4. The first kappa shape index (κ1) is 27.8. The number of amides is 2. The molecule has 42 heavy (non-hydrogen) atoms. The minimum Gasteiger partial charge on any atom is -0.382 e. The number of carbonyl (C=O) groups excluding carboxylic acids is 1. The van der Waals surface area contributed by atoms with Gasteiger partial charge in [-0.2, -0.15) is 13.9 Å². The molecular formula is C35H41F2N3O2. The van der Waals surface area contributed by atoms with E-state index in [-0.39, 0.29) is 30.2 Å². The van der Waals surface area contributed by atoms with Gasteiger partial charge in [0.05, 0.1) is 5.71 Å². The van der Waals surface area contributed by atoms with E-state index in [1.54, 1.807) is 5.92 Å². The number of alkyl halides is 2. The molecule has 6 aliphatic carbocycles. The van der Waals surface area contributed by atoms with Gasteiger partial charge in [-0.1, -0.05) is 36.8 Å². The van der Waals surface area contributed by atoms with E-state index >= 15 is 8.78 Å². The Bertz CT molecular complexity index is 1410. The van der Waals surface area contributed by atoms with E-state index in [0.29, 0.717) is 37.6 Å². The van der Waals surface area contributed by atoms with Crippen LogP contribution in [0.25, 0.3) is 0 Å². The van der Waals surface area contributed by atoms with Crippen LogP contribution >= 0.6 is 0 Å². The molecule has 0 spiro atoms. The summed E-state index contributed by atoms with van der Waals surface area (Å²) >= 11 is 0. The van der Waals surface area contributed by atoms with Crippen molar-refractivity contribution < 1.29 is 18.7 Å². The minimum atomic E-state index is -3.59. The van der Waals surface area contributed by atoms with Gasteiger partial charge < -0.3 is 10.4 Å². The van der Waals surface area contributed by atoms with Crippen LogP contribution in [0.3, 0.4) is 0 Å². The van der Waals surface area contributed by atoms with Crippen LogP contribution < -0.4 is 10.7 Å². The number of rotatable bonds is 6. The molecule has 7 heteroatoms. The smallest absolute Gasteiger partial charge is 0.336 e. The lowest BCUT2D eigenvalue weighted by molar-refractivity contribution is -0.209. The highest BCUT2D eigenvalue weighted by Crippen LogP contribution is 2.69. The van der Waals surface area contributed by atoms with E-state index in [9.17, 15) is 9.90 Å². The number of hydrogen-bond acceptors (Lipinski definition) is 3. The van der Waals surface area contributed by atoms with Crippen LogP contribution in [0.4, 0.5) is 13.6 Å². The molecule has 0 saturated heterocycles. The lowest BCUT2D eigenvalue weighted by Crippen LogP contribution is -2.60. The molecule has 0 aliphatic heterocycles. The van der Waals surface area contributed by atoms with Gasteiger partial charge in [0.2, 0.25) is 0 Å². The highest BCUT2D eigenvalue weighted by Gasteiger charge is 2.71. The summed E-state index contributed by atoms with van der Waals surface area (Å²) in [6.45, 7) is 2.57. The average molecular weight is 574 g/mol. The SMILES string of the molecule is C#CC(F)(F)[C@]1(O)CC[C@H]2[C@@H]3CCC4=C/C(=N/NC(=O)NCC5CC5)CCC4=C3[C@H](c3ccc(C4CC4)cc3)C[C@@]21C. The predicted molar refractivity (Wildman–Crippen MR) is 159 cm³/mol. The van der Waals surface area contributed by atoms with Crippen molar-refractivity contribution in [1.29, 1.82) is 0 Å². The van der Waals surface area contributed by atoms with E-state index in [1.807, 2.05) is 6.92 Å². The van der Waals surface area contributed by atoms with Gasteiger partial charge in [0.1, 0.15) is 5.60 Å². The molecule has 0 unspecified atom stereocenters. The molecule has 5 nitrogen and oxygen atoms in total. The summed E-state index contributed by atoms with van der Waals surface area (Å²) in [5.41, 5.74) is 6.74. The monoisotopic (exact) mass is 573 g/mol. The normalized spacial score (nSPS) is 35.1. The molecule has 1 aromatic carbocycles. The maximum atomic E-state index is 15.3. The predicted octanol–water partition coefficient (Wildman–Crippen LogP) is 6.96. The van der Waals surface area contributed by atoms with Crippen molar-refractivity contribution in [2.75, 3.05) is 6.54 Å². The van der Waals surface area contributed by atoms with Gasteiger partial charge in [0.25, 0.3) is 0 Å². The number of hydrogen-bond donors (Lipinski definition) is 3. The summed E-state index contributed by atoms with van der Waals surface area (Å²) in [4.78, 5) is 12.2. The molecule has 0 heterocycles. The van der Waals surface area contributed by atoms with Crippen LogP contribution in [0.1, 0.15) is 101 Å². The quantitative estimate of drug-likeness (QED) is 0.254. The van der Waals surface area contributed by atoms with E-state index in [4.69, 9.17) is 6.42 Å². The molecule has 6 aliphatic rings. The molecule has 5 atom stereocenters. The van der Waals surface area contributed by atoms with Crippen LogP contribution in [0.5, 0.6) is 0 Å². The summed E-state index contributed by atoms with van der Waals surface area (Å²) in [7, 11) is 0. The summed E-state index contributed by atoms with van der Waals surface area (Å²) in [6, 6.07) is 8.54. The molecule has 1 aromatic rings. The van der Waals surface area contributed by atoms with Crippen LogP contribution in [0.2, 0.25) is 0 Å². The summed E-state index contributed by atoms with van der Waals surface area (Å²) < 4.78 is 30.7. The summed E-state index contributed by atoms with van der Waals surface area (Å²) in [6.07, 6.45) is 16.5. The highest BCUT2D eigenvalue weighted by atomic mass is 19.3. The first-order valence-electron chi connectivity index (χ1n) is 15.9. The Morgan fingerprint density at radius 1 is 1.10 bits per heavy atom. The molecule has 2 amide bonds. The van der Waals surface area contributed by atoms with Crippen molar-refractivity contribution in [3.63, 3.8) is 0 Å². The van der Waals surface area contributed by atoms with Gasteiger partial charge in [-0.05, 0) is 129 Å². The number of benzene rings is 1. The van der Waals surface area contributed by atoms with Crippen molar-refractivity contribution in [2.45, 2.75) is 101 Å². The van der Waals surface area contributed by atoms with E-state index in [1.165, 1.54) is 48.0 Å². The Kier molecular flexibility index (Phi) is 6.66. The van der Waals surface area contributed by atoms with Crippen LogP contribution in [-0.2, 0) is 0 Å². The van der Waals surface area contributed by atoms with Crippen LogP contribution in [0, 0.1) is 35.5 Å². The Morgan fingerprint density at radius 3 is 2.52 bits per heavy atom. The van der Waals surface area contributed by atoms with Crippen molar-refractivity contribution in [1.82, 2.24) is 10.7 Å². The Morgan fingerprint density at radius 2 is 1.83 bits per heavy atom. The zero-order chi connectivity index (χ0) is 29.3. The molecule has 0 bridgehead atoms. The largest absolute Gasteiger partial charge is 0.382 e. The minimum absolute atomic E-state index is 0.0196. The number of allylic oxidation sites excluding steroid dienone is 4. The molecule has 4 saturated carbocycles. The highest BCUT2D eigenvalue weighted by molar-refractivity contribution is 5.98. The summed E-state index contributed by atoms with van der Waals surface area (Å²) in [5, 5.41) is 19.0. The Balaban J connectivity index is 1.24. The van der Waals surface area contributed by atoms with Crippen molar-refractivity contribution >= 4 is 11.7 Å². The van der Waals surface area contributed by atoms with Gasteiger partial charge in [-0.15, -0.1) is 6.42 Å². The second kappa shape index (κ2) is 10.0. The van der Waals surface area contributed by atoms with E-state index < -0.39 is 16.9 Å². The number of aliphatic hydroxyl groups is 1. The number of carbonyl (C=O) groups is 1. The van der Waals surface area contributed by atoms with Crippen molar-refractivity contribution in [2.24, 2.45) is 28.3 Å². The number of terminal acetylenes is 1. The number of nitrogens with zero attached hydrogens (tertiary/aromatic N) is 1. The topological polar surface area (TPSA) is 73.7 Å². The lowest BCUT2D eigenvalue weighted by atomic mass is 9.50. The van der Waals surface area contributed by atoms with Crippen LogP contribution in [-0.4, -0.2) is 34.9 Å². The average Bonchev–Trinajstić information content (AvgIpc) is 3.93. The number of nitrogens with one attached hydrogen (secondary N) is 2. The van der Waals surface area contributed by atoms with Gasteiger partial charge in [0, 0.05) is 17.9 Å². The number of fused-ring (bicyclic) bond motifs is 4. The third-order valence-corrected chi connectivity index (χ3v) is 11.5. The number of urea groups is 1.